The molecule has 3 heterocycles. The van der Waals surface area contributed by atoms with Crippen LogP contribution in [0, 0.1) is 5.92 Å². The van der Waals surface area contributed by atoms with Gasteiger partial charge in [0, 0.05) is 37.4 Å². The van der Waals surface area contributed by atoms with Gasteiger partial charge < -0.3 is 10.0 Å². The Hall–Kier alpha value is -1.95. The smallest absolute Gasteiger partial charge is 0.254 e. The van der Waals surface area contributed by atoms with Gasteiger partial charge in [0.2, 0.25) is 0 Å². The highest BCUT2D eigenvalue weighted by Gasteiger charge is 2.28. The van der Waals surface area contributed by atoms with Gasteiger partial charge in [0.25, 0.3) is 5.91 Å². The summed E-state index contributed by atoms with van der Waals surface area (Å²) in [6.07, 6.45) is 2.61. The number of rotatable bonds is 4. The zero-order valence-electron chi connectivity index (χ0n) is 14.9. The molecule has 1 fully saturated rings. The minimum atomic E-state index is 0.0172. The Bertz CT molecular complexity index is 751. The summed E-state index contributed by atoms with van der Waals surface area (Å²) in [6, 6.07) is 2.10. The minimum absolute atomic E-state index is 0.0172. The molecule has 1 atom stereocenters. The van der Waals surface area contributed by atoms with Crippen LogP contribution in [0.5, 0.6) is 0 Å². The number of aliphatic hydroxyl groups is 1. The second-order valence-electron chi connectivity index (χ2n) is 7.26. The first-order chi connectivity index (χ1) is 11.4. The molecule has 0 saturated carbocycles. The van der Waals surface area contributed by atoms with E-state index in [0.717, 1.165) is 23.1 Å². The number of carbonyl (C=O) groups excluding carboxylic acids is 1. The van der Waals surface area contributed by atoms with Gasteiger partial charge >= 0.3 is 0 Å². The Morgan fingerprint density at radius 3 is 2.71 bits per heavy atom. The Morgan fingerprint density at radius 1 is 1.38 bits per heavy atom. The van der Waals surface area contributed by atoms with Crippen molar-refractivity contribution in [3.05, 3.63) is 23.5 Å². The first-order valence-electron chi connectivity index (χ1n) is 8.70. The number of aliphatic hydroxyl groups excluding tert-OH is 1. The molecular weight excluding hydrogens is 304 g/mol. The average molecular weight is 330 g/mol. The third-order valence-electron chi connectivity index (χ3n) is 4.73. The van der Waals surface area contributed by atoms with E-state index in [0.29, 0.717) is 18.7 Å². The number of likely N-dealkylation sites (tertiary alicyclic amines) is 1. The van der Waals surface area contributed by atoms with Crippen LogP contribution in [0.15, 0.2) is 12.3 Å². The average Bonchev–Trinajstić information content (AvgIpc) is 3.19. The van der Waals surface area contributed by atoms with Crippen LogP contribution in [0.4, 0.5) is 0 Å². The van der Waals surface area contributed by atoms with E-state index >= 15 is 0 Å². The maximum absolute atomic E-state index is 13.1. The molecule has 6 nitrogen and oxygen atoms in total. The Labute approximate surface area is 142 Å². The molecule has 0 spiro atoms. The molecule has 130 valence electrons. The second-order valence-corrected chi connectivity index (χ2v) is 7.26. The third kappa shape index (κ3) is 2.90. The monoisotopic (exact) mass is 330 g/mol. The summed E-state index contributed by atoms with van der Waals surface area (Å²) in [6.45, 7) is 9.73. The van der Waals surface area contributed by atoms with Crippen molar-refractivity contribution in [1.29, 1.82) is 0 Å². The van der Waals surface area contributed by atoms with Gasteiger partial charge in [0.1, 0.15) is 0 Å². The summed E-state index contributed by atoms with van der Waals surface area (Å²) in [5.74, 6) is 0.443. The fourth-order valence-electron chi connectivity index (χ4n) is 3.22. The van der Waals surface area contributed by atoms with Gasteiger partial charge in [0.05, 0.1) is 17.1 Å². The molecule has 1 N–H and O–H groups in total. The van der Waals surface area contributed by atoms with Gasteiger partial charge in [-0.3, -0.25) is 4.79 Å². The van der Waals surface area contributed by atoms with E-state index in [-0.39, 0.29) is 30.4 Å². The molecule has 6 heteroatoms. The Morgan fingerprint density at radius 2 is 2.12 bits per heavy atom. The van der Waals surface area contributed by atoms with Crippen molar-refractivity contribution in [2.45, 2.75) is 46.1 Å². The lowest BCUT2D eigenvalue weighted by Crippen LogP contribution is -2.29. The molecule has 0 aromatic carbocycles. The standard InChI is InChI=1S/C18H26N4O2/c1-11(2)16-7-14(18(24)21-6-5-13(9-21)10-23)15-8-19-22(12(3)4)17(15)20-16/h7-8,11-13,23H,5-6,9-10H2,1-4H3. The van der Waals surface area contributed by atoms with E-state index < -0.39 is 0 Å². The van der Waals surface area contributed by atoms with Crippen LogP contribution in [0.25, 0.3) is 11.0 Å². The predicted molar refractivity (Wildman–Crippen MR) is 93.1 cm³/mol. The van der Waals surface area contributed by atoms with Gasteiger partial charge in [-0.25, -0.2) is 9.67 Å². The van der Waals surface area contributed by atoms with Crippen molar-refractivity contribution in [2.24, 2.45) is 5.92 Å². The predicted octanol–water partition coefficient (Wildman–Crippen LogP) is 2.59. The summed E-state index contributed by atoms with van der Waals surface area (Å²) in [5, 5.41) is 14.6. The number of hydrogen-bond donors (Lipinski definition) is 1. The van der Waals surface area contributed by atoms with E-state index in [2.05, 4.69) is 32.8 Å². The van der Waals surface area contributed by atoms with Crippen LogP contribution in [-0.2, 0) is 0 Å². The van der Waals surface area contributed by atoms with E-state index in [1.165, 1.54) is 0 Å². The van der Waals surface area contributed by atoms with Crippen molar-refractivity contribution in [1.82, 2.24) is 19.7 Å². The molecule has 1 saturated heterocycles. The van der Waals surface area contributed by atoms with Crippen LogP contribution >= 0.6 is 0 Å². The van der Waals surface area contributed by atoms with E-state index in [4.69, 9.17) is 4.98 Å². The van der Waals surface area contributed by atoms with Crippen molar-refractivity contribution < 1.29 is 9.90 Å². The zero-order valence-corrected chi connectivity index (χ0v) is 14.9. The highest BCUT2D eigenvalue weighted by Crippen LogP contribution is 2.27. The van der Waals surface area contributed by atoms with Crippen molar-refractivity contribution in [3.8, 4) is 0 Å². The number of pyridine rings is 1. The normalized spacial score (nSPS) is 18.3. The van der Waals surface area contributed by atoms with Crippen molar-refractivity contribution >= 4 is 16.9 Å². The number of amides is 1. The molecule has 0 bridgehead atoms. The fraction of sp³-hybridized carbons (Fsp3) is 0.611. The molecule has 0 radical (unpaired) electrons. The molecule has 24 heavy (non-hydrogen) atoms. The lowest BCUT2D eigenvalue weighted by molar-refractivity contribution is 0.0783. The molecule has 1 aliphatic heterocycles. The van der Waals surface area contributed by atoms with Gasteiger partial charge in [-0.05, 0) is 32.3 Å². The van der Waals surface area contributed by atoms with Crippen molar-refractivity contribution in [2.75, 3.05) is 19.7 Å². The largest absolute Gasteiger partial charge is 0.396 e. The lowest BCUT2D eigenvalue weighted by Gasteiger charge is -2.18. The first kappa shape index (κ1) is 16.9. The van der Waals surface area contributed by atoms with Crippen LogP contribution in [-0.4, -0.2) is 50.4 Å². The minimum Gasteiger partial charge on any atom is -0.396 e. The number of nitrogens with zero attached hydrogens (tertiary/aromatic N) is 4. The molecule has 0 aliphatic carbocycles. The zero-order chi connectivity index (χ0) is 17.4. The summed E-state index contributed by atoms with van der Waals surface area (Å²) in [4.78, 5) is 19.6. The quantitative estimate of drug-likeness (QED) is 0.935. The van der Waals surface area contributed by atoms with Gasteiger partial charge in [-0.15, -0.1) is 0 Å². The van der Waals surface area contributed by atoms with Crippen LogP contribution in [0.2, 0.25) is 0 Å². The van der Waals surface area contributed by atoms with Gasteiger partial charge in [-0.2, -0.15) is 5.10 Å². The second kappa shape index (κ2) is 6.51. The fourth-order valence-corrected chi connectivity index (χ4v) is 3.22. The molecule has 2 aromatic rings. The van der Waals surface area contributed by atoms with E-state index in [9.17, 15) is 9.90 Å². The van der Waals surface area contributed by atoms with Crippen LogP contribution in [0.1, 0.15) is 62.1 Å². The molecule has 1 aliphatic rings. The summed E-state index contributed by atoms with van der Waals surface area (Å²) in [7, 11) is 0. The number of aromatic nitrogens is 3. The number of carbonyl (C=O) groups is 1. The molecule has 1 unspecified atom stereocenters. The highest BCUT2D eigenvalue weighted by molar-refractivity contribution is 6.05. The number of fused-ring (bicyclic) bond motifs is 1. The maximum Gasteiger partial charge on any atom is 0.254 e. The molecule has 3 rings (SSSR count). The Balaban J connectivity index is 2.07. The van der Waals surface area contributed by atoms with Crippen molar-refractivity contribution in [3.63, 3.8) is 0 Å². The summed E-state index contributed by atoms with van der Waals surface area (Å²) in [5.41, 5.74) is 2.36. The van der Waals surface area contributed by atoms with Crippen LogP contribution in [0.3, 0.4) is 0 Å². The van der Waals surface area contributed by atoms with E-state index in [1.807, 2.05) is 15.6 Å². The maximum atomic E-state index is 13.1. The summed E-state index contributed by atoms with van der Waals surface area (Å²) >= 11 is 0. The third-order valence-corrected chi connectivity index (χ3v) is 4.73. The van der Waals surface area contributed by atoms with Crippen LogP contribution < -0.4 is 0 Å². The first-order valence-corrected chi connectivity index (χ1v) is 8.70. The Kier molecular flexibility index (Phi) is 4.58. The lowest BCUT2D eigenvalue weighted by atomic mass is 10.0. The SMILES string of the molecule is CC(C)c1cc(C(=O)N2CCC(CO)C2)c2cnn(C(C)C)c2n1. The van der Waals surface area contributed by atoms with Gasteiger partial charge in [0.15, 0.2) is 5.65 Å². The number of hydrogen-bond acceptors (Lipinski definition) is 4. The summed E-state index contributed by atoms with van der Waals surface area (Å²) < 4.78 is 1.87. The van der Waals surface area contributed by atoms with E-state index in [1.54, 1.807) is 6.20 Å². The molecule has 2 aromatic heterocycles. The van der Waals surface area contributed by atoms with Gasteiger partial charge in [-0.1, -0.05) is 13.8 Å². The molecule has 1 amide bonds. The topological polar surface area (TPSA) is 71.2 Å². The highest BCUT2D eigenvalue weighted by atomic mass is 16.3. The molecular formula is C18H26N4O2.